The lowest BCUT2D eigenvalue weighted by molar-refractivity contribution is 0.567. The third kappa shape index (κ3) is 3.33. The molecule has 0 saturated carbocycles. The number of aromatic amines is 1. The first-order chi connectivity index (χ1) is 9.59. The molecule has 0 bridgehead atoms. The van der Waals surface area contributed by atoms with Crippen molar-refractivity contribution in [1.29, 1.82) is 0 Å². The van der Waals surface area contributed by atoms with Gasteiger partial charge in [-0.1, -0.05) is 20.8 Å². The third-order valence-electron chi connectivity index (χ3n) is 2.89. The van der Waals surface area contributed by atoms with E-state index >= 15 is 0 Å². The highest BCUT2D eigenvalue weighted by atomic mass is 32.2. The molecule has 2 aromatic rings. The number of hydrogen-bond donors (Lipinski definition) is 3. The molecule has 21 heavy (non-hydrogen) atoms. The maximum atomic E-state index is 13.0. The molecular weight excluding hydrogens is 295 g/mol. The minimum absolute atomic E-state index is 0.156. The number of nitrogen functional groups attached to an aromatic ring is 1. The average Bonchev–Trinajstić information content (AvgIpc) is 2.75. The lowest BCUT2D eigenvalue weighted by Crippen LogP contribution is -2.15. The van der Waals surface area contributed by atoms with Gasteiger partial charge in [0.05, 0.1) is 5.69 Å². The number of sulfonamides is 1. The molecule has 0 spiro atoms. The van der Waals surface area contributed by atoms with E-state index in [1.807, 2.05) is 20.8 Å². The second-order valence-electron chi connectivity index (χ2n) is 5.70. The summed E-state index contributed by atoms with van der Waals surface area (Å²) in [5.41, 5.74) is 5.99. The van der Waals surface area contributed by atoms with Crippen molar-refractivity contribution in [2.75, 3.05) is 10.5 Å². The molecule has 1 aromatic heterocycles. The van der Waals surface area contributed by atoms with Crippen LogP contribution >= 0.6 is 0 Å². The second-order valence-corrected chi connectivity index (χ2v) is 7.36. The van der Waals surface area contributed by atoms with E-state index in [4.69, 9.17) is 5.73 Å². The Bertz CT molecular complexity index is 763. The number of anilines is 2. The number of nitrogens with zero attached hydrogens (tertiary/aromatic N) is 1. The van der Waals surface area contributed by atoms with E-state index in [9.17, 15) is 12.8 Å². The minimum atomic E-state index is -3.92. The van der Waals surface area contributed by atoms with Gasteiger partial charge in [0.1, 0.15) is 10.7 Å². The number of H-pyrrole nitrogens is 1. The van der Waals surface area contributed by atoms with Crippen LogP contribution in [0.1, 0.15) is 26.5 Å². The van der Waals surface area contributed by atoms with Crippen LogP contribution in [0.25, 0.3) is 0 Å². The Kier molecular flexibility index (Phi) is 3.66. The lowest BCUT2D eigenvalue weighted by atomic mass is 9.92. The minimum Gasteiger partial charge on any atom is -0.398 e. The molecular formula is C13H17FN4O2S. The summed E-state index contributed by atoms with van der Waals surface area (Å²) in [7, 11) is -3.92. The predicted octanol–water partition coefficient (Wildman–Crippen LogP) is 2.23. The molecule has 1 heterocycles. The SMILES string of the molecule is CC(C)(C)c1cc(NS(=O)(=O)c2ccc(F)cc2N)n[nH]1. The number of aromatic nitrogens is 2. The summed E-state index contributed by atoms with van der Waals surface area (Å²) >= 11 is 0. The fourth-order valence-corrected chi connectivity index (χ4v) is 2.82. The summed E-state index contributed by atoms with van der Waals surface area (Å²) in [5, 5.41) is 6.69. The Hall–Kier alpha value is -2.09. The number of benzene rings is 1. The van der Waals surface area contributed by atoms with Gasteiger partial charge in [0.2, 0.25) is 0 Å². The van der Waals surface area contributed by atoms with Crippen molar-refractivity contribution in [3.8, 4) is 0 Å². The molecule has 1 aromatic carbocycles. The zero-order chi connectivity index (χ0) is 15.8. The maximum Gasteiger partial charge on any atom is 0.265 e. The summed E-state index contributed by atoms with van der Waals surface area (Å²) in [6.45, 7) is 5.91. The standard InChI is InChI=1S/C13H17FN4O2S/c1-13(2,3)11-7-12(17-16-11)18-21(19,20)10-5-4-8(14)6-9(10)15/h4-7H,15H2,1-3H3,(H2,16,17,18). The highest BCUT2D eigenvalue weighted by Crippen LogP contribution is 2.25. The van der Waals surface area contributed by atoms with Crippen LogP contribution in [-0.2, 0) is 15.4 Å². The van der Waals surface area contributed by atoms with E-state index in [1.54, 1.807) is 6.07 Å². The Balaban J connectivity index is 2.31. The fraction of sp³-hybridized carbons (Fsp3) is 0.308. The third-order valence-corrected chi connectivity index (χ3v) is 4.31. The molecule has 114 valence electrons. The number of nitrogens with two attached hydrogens (primary N) is 1. The van der Waals surface area contributed by atoms with Gasteiger partial charge in [-0.2, -0.15) is 5.10 Å². The number of halogens is 1. The van der Waals surface area contributed by atoms with Crippen molar-refractivity contribution in [3.05, 3.63) is 35.8 Å². The zero-order valence-electron chi connectivity index (χ0n) is 11.9. The molecule has 0 radical (unpaired) electrons. The number of rotatable bonds is 3. The van der Waals surface area contributed by atoms with Crippen molar-refractivity contribution < 1.29 is 12.8 Å². The predicted molar refractivity (Wildman–Crippen MR) is 78.9 cm³/mol. The Labute approximate surface area is 122 Å². The monoisotopic (exact) mass is 312 g/mol. The molecule has 0 aliphatic rings. The summed E-state index contributed by atoms with van der Waals surface area (Å²) < 4.78 is 39.7. The van der Waals surface area contributed by atoms with Gasteiger partial charge in [0, 0.05) is 17.2 Å². The molecule has 6 nitrogen and oxygen atoms in total. The van der Waals surface area contributed by atoms with Crippen LogP contribution in [0, 0.1) is 5.82 Å². The second kappa shape index (κ2) is 5.03. The van der Waals surface area contributed by atoms with Gasteiger partial charge in [-0.05, 0) is 18.2 Å². The number of hydrogen-bond acceptors (Lipinski definition) is 4. The molecule has 0 aliphatic heterocycles. The van der Waals surface area contributed by atoms with Crippen molar-refractivity contribution in [3.63, 3.8) is 0 Å². The highest BCUT2D eigenvalue weighted by molar-refractivity contribution is 7.92. The highest BCUT2D eigenvalue weighted by Gasteiger charge is 2.21. The zero-order valence-corrected chi connectivity index (χ0v) is 12.8. The van der Waals surface area contributed by atoms with E-state index in [-0.39, 0.29) is 21.8 Å². The van der Waals surface area contributed by atoms with E-state index in [1.165, 1.54) is 0 Å². The molecule has 0 saturated heterocycles. The van der Waals surface area contributed by atoms with E-state index < -0.39 is 15.8 Å². The first-order valence-corrected chi connectivity index (χ1v) is 7.71. The van der Waals surface area contributed by atoms with Gasteiger partial charge in [0.25, 0.3) is 10.0 Å². The molecule has 0 amide bonds. The molecule has 2 rings (SSSR count). The van der Waals surface area contributed by atoms with Crippen LogP contribution in [0.3, 0.4) is 0 Å². The van der Waals surface area contributed by atoms with Crippen molar-refractivity contribution in [2.45, 2.75) is 31.1 Å². The summed E-state index contributed by atoms with van der Waals surface area (Å²) in [6, 6.07) is 4.72. The van der Waals surface area contributed by atoms with E-state index in [0.29, 0.717) is 0 Å². The van der Waals surface area contributed by atoms with Gasteiger partial charge in [-0.15, -0.1) is 0 Å². The lowest BCUT2D eigenvalue weighted by Gasteiger charge is -2.14. The molecule has 0 atom stereocenters. The van der Waals surface area contributed by atoms with E-state index in [0.717, 1.165) is 23.9 Å². The van der Waals surface area contributed by atoms with Gasteiger partial charge in [-0.25, -0.2) is 12.8 Å². The fourth-order valence-electron chi connectivity index (χ4n) is 1.71. The van der Waals surface area contributed by atoms with Crippen LogP contribution in [0.2, 0.25) is 0 Å². The van der Waals surface area contributed by atoms with Gasteiger partial charge >= 0.3 is 0 Å². The maximum absolute atomic E-state index is 13.0. The van der Waals surface area contributed by atoms with Gasteiger partial charge in [-0.3, -0.25) is 9.82 Å². The Morgan fingerprint density at radius 3 is 2.48 bits per heavy atom. The molecule has 0 fully saturated rings. The van der Waals surface area contributed by atoms with Crippen molar-refractivity contribution in [2.24, 2.45) is 0 Å². The topological polar surface area (TPSA) is 101 Å². The summed E-state index contributed by atoms with van der Waals surface area (Å²) in [4.78, 5) is -0.191. The van der Waals surface area contributed by atoms with Crippen LogP contribution in [0.15, 0.2) is 29.2 Å². The molecule has 8 heteroatoms. The average molecular weight is 312 g/mol. The molecule has 0 aliphatic carbocycles. The number of nitrogens with one attached hydrogen (secondary N) is 2. The summed E-state index contributed by atoms with van der Waals surface area (Å²) in [5.74, 6) is -0.440. The largest absolute Gasteiger partial charge is 0.398 e. The Morgan fingerprint density at radius 1 is 1.29 bits per heavy atom. The normalized spacial score (nSPS) is 12.4. The van der Waals surface area contributed by atoms with Gasteiger partial charge in [0.15, 0.2) is 5.82 Å². The van der Waals surface area contributed by atoms with Crippen LogP contribution < -0.4 is 10.5 Å². The smallest absolute Gasteiger partial charge is 0.265 e. The molecule has 4 N–H and O–H groups in total. The first kappa shape index (κ1) is 15.3. The van der Waals surface area contributed by atoms with Crippen LogP contribution in [-0.4, -0.2) is 18.6 Å². The van der Waals surface area contributed by atoms with Crippen molar-refractivity contribution in [1.82, 2.24) is 10.2 Å². The van der Waals surface area contributed by atoms with Crippen LogP contribution in [0.4, 0.5) is 15.9 Å². The van der Waals surface area contributed by atoms with Crippen molar-refractivity contribution >= 4 is 21.5 Å². The molecule has 0 unspecified atom stereocenters. The van der Waals surface area contributed by atoms with Crippen LogP contribution in [0.5, 0.6) is 0 Å². The quantitative estimate of drug-likeness (QED) is 0.756. The summed E-state index contributed by atoms with van der Waals surface area (Å²) in [6.07, 6.45) is 0. The first-order valence-electron chi connectivity index (χ1n) is 6.23. The Morgan fingerprint density at radius 2 is 1.95 bits per heavy atom. The van der Waals surface area contributed by atoms with Gasteiger partial charge < -0.3 is 5.73 Å². The van der Waals surface area contributed by atoms with E-state index in [2.05, 4.69) is 14.9 Å².